The van der Waals surface area contributed by atoms with Gasteiger partial charge in [0.15, 0.2) is 0 Å². The van der Waals surface area contributed by atoms with Gasteiger partial charge in [0.2, 0.25) is 0 Å². The number of fused-ring (bicyclic) bond motifs is 1. The predicted molar refractivity (Wildman–Crippen MR) is 71.8 cm³/mol. The van der Waals surface area contributed by atoms with Gasteiger partial charge in [-0.25, -0.2) is 0 Å². The van der Waals surface area contributed by atoms with Crippen molar-refractivity contribution in [3.63, 3.8) is 0 Å². The second-order valence-electron chi connectivity index (χ2n) is 3.84. The number of aromatic nitrogens is 2. The van der Waals surface area contributed by atoms with E-state index in [1.807, 2.05) is 36.4 Å². The summed E-state index contributed by atoms with van der Waals surface area (Å²) < 4.78 is 0. The fourth-order valence-corrected chi connectivity index (χ4v) is 2.67. The van der Waals surface area contributed by atoms with Gasteiger partial charge in [-0.1, -0.05) is 42.1 Å². The molecule has 1 N–H and O–H groups in total. The standard InChI is InChI=1S/C14H10N2OS/c17-11-5-3-6-12(8-11)18-14-13-7-2-1-4-10(13)9-15-16-14/h1-9,17H. The Morgan fingerprint density at radius 2 is 1.89 bits per heavy atom. The maximum absolute atomic E-state index is 9.45. The lowest BCUT2D eigenvalue weighted by Crippen LogP contribution is -1.86. The lowest BCUT2D eigenvalue weighted by atomic mass is 10.2. The summed E-state index contributed by atoms with van der Waals surface area (Å²) in [6, 6.07) is 15.1. The van der Waals surface area contributed by atoms with Crippen LogP contribution in [0.1, 0.15) is 0 Å². The highest BCUT2D eigenvalue weighted by Gasteiger charge is 2.05. The molecule has 0 unspecified atom stereocenters. The Kier molecular flexibility index (Phi) is 2.86. The van der Waals surface area contributed by atoms with E-state index in [1.165, 1.54) is 11.8 Å². The van der Waals surface area contributed by atoms with Gasteiger partial charge >= 0.3 is 0 Å². The van der Waals surface area contributed by atoms with E-state index >= 15 is 0 Å². The minimum atomic E-state index is 0.258. The Hall–Kier alpha value is -2.07. The second-order valence-corrected chi connectivity index (χ2v) is 4.90. The maximum atomic E-state index is 9.45. The van der Waals surface area contributed by atoms with E-state index in [0.29, 0.717) is 0 Å². The molecule has 3 rings (SSSR count). The van der Waals surface area contributed by atoms with Gasteiger partial charge in [-0.3, -0.25) is 0 Å². The molecule has 0 bridgehead atoms. The number of rotatable bonds is 2. The molecule has 0 aliphatic carbocycles. The van der Waals surface area contributed by atoms with Gasteiger partial charge in [-0.2, -0.15) is 5.10 Å². The predicted octanol–water partition coefficient (Wildman–Crippen LogP) is 3.49. The number of hydrogen-bond donors (Lipinski definition) is 1. The summed E-state index contributed by atoms with van der Waals surface area (Å²) in [6.07, 6.45) is 1.75. The Morgan fingerprint density at radius 1 is 1.00 bits per heavy atom. The maximum Gasteiger partial charge on any atom is 0.131 e. The van der Waals surface area contributed by atoms with Crippen LogP contribution in [-0.4, -0.2) is 15.3 Å². The first-order chi connectivity index (χ1) is 8.83. The number of phenolic OH excluding ortho intramolecular Hbond substituents is 1. The summed E-state index contributed by atoms with van der Waals surface area (Å²) in [5, 5.41) is 20.6. The molecule has 18 heavy (non-hydrogen) atoms. The first kappa shape index (κ1) is 11.0. The average Bonchev–Trinajstić information content (AvgIpc) is 2.39. The Balaban J connectivity index is 2.05. The van der Waals surface area contributed by atoms with E-state index in [1.54, 1.807) is 18.3 Å². The highest BCUT2D eigenvalue weighted by molar-refractivity contribution is 7.99. The van der Waals surface area contributed by atoms with Gasteiger partial charge in [0, 0.05) is 15.7 Å². The first-order valence-electron chi connectivity index (χ1n) is 5.50. The van der Waals surface area contributed by atoms with Crippen molar-refractivity contribution in [1.82, 2.24) is 10.2 Å². The van der Waals surface area contributed by atoms with Crippen LogP contribution in [0.2, 0.25) is 0 Å². The second kappa shape index (κ2) is 4.66. The highest BCUT2D eigenvalue weighted by atomic mass is 32.2. The third-order valence-corrected chi connectivity index (χ3v) is 3.55. The fraction of sp³-hybridized carbons (Fsp3) is 0. The summed E-state index contributed by atoms with van der Waals surface area (Å²) in [4.78, 5) is 0.945. The number of nitrogens with zero attached hydrogens (tertiary/aromatic N) is 2. The molecule has 3 nitrogen and oxygen atoms in total. The van der Waals surface area contributed by atoms with Crippen LogP contribution in [0.15, 0.2) is 64.6 Å². The van der Waals surface area contributed by atoms with Crippen LogP contribution >= 0.6 is 11.8 Å². The van der Waals surface area contributed by atoms with Crippen LogP contribution in [0.3, 0.4) is 0 Å². The summed E-state index contributed by atoms with van der Waals surface area (Å²) in [5.41, 5.74) is 0. The van der Waals surface area contributed by atoms with Crippen molar-refractivity contribution in [2.45, 2.75) is 9.92 Å². The van der Waals surface area contributed by atoms with Crippen molar-refractivity contribution >= 4 is 22.5 Å². The van der Waals surface area contributed by atoms with Crippen molar-refractivity contribution in [2.24, 2.45) is 0 Å². The third-order valence-electron chi connectivity index (χ3n) is 2.57. The monoisotopic (exact) mass is 254 g/mol. The number of benzene rings is 2. The van der Waals surface area contributed by atoms with Crippen LogP contribution in [0.25, 0.3) is 10.8 Å². The molecule has 3 aromatic rings. The first-order valence-corrected chi connectivity index (χ1v) is 6.32. The zero-order chi connectivity index (χ0) is 12.4. The van der Waals surface area contributed by atoms with E-state index in [4.69, 9.17) is 0 Å². The lowest BCUT2D eigenvalue weighted by molar-refractivity contribution is 0.474. The van der Waals surface area contributed by atoms with E-state index in [-0.39, 0.29) is 5.75 Å². The van der Waals surface area contributed by atoms with E-state index in [2.05, 4.69) is 10.2 Å². The van der Waals surface area contributed by atoms with Crippen LogP contribution < -0.4 is 0 Å². The fourth-order valence-electron chi connectivity index (χ4n) is 1.74. The van der Waals surface area contributed by atoms with Gasteiger partial charge < -0.3 is 5.11 Å². The molecule has 0 aliphatic rings. The molecule has 0 saturated heterocycles. The number of phenols is 1. The van der Waals surface area contributed by atoms with Crippen molar-refractivity contribution in [1.29, 1.82) is 0 Å². The van der Waals surface area contributed by atoms with Crippen molar-refractivity contribution in [3.05, 3.63) is 54.7 Å². The summed E-state index contributed by atoms with van der Waals surface area (Å²) in [7, 11) is 0. The highest BCUT2D eigenvalue weighted by Crippen LogP contribution is 2.32. The average molecular weight is 254 g/mol. The zero-order valence-electron chi connectivity index (χ0n) is 9.45. The van der Waals surface area contributed by atoms with Crippen LogP contribution in [-0.2, 0) is 0 Å². The molecule has 0 saturated carbocycles. The molecule has 0 aliphatic heterocycles. The molecule has 2 aromatic carbocycles. The largest absolute Gasteiger partial charge is 0.508 e. The number of hydrogen-bond acceptors (Lipinski definition) is 4. The molecule has 0 atom stereocenters. The Labute approximate surface area is 108 Å². The Morgan fingerprint density at radius 3 is 2.78 bits per heavy atom. The SMILES string of the molecule is Oc1cccc(Sc2nncc3ccccc23)c1. The zero-order valence-corrected chi connectivity index (χ0v) is 10.3. The minimum Gasteiger partial charge on any atom is -0.508 e. The quantitative estimate of drug-likeness (QED) is 0.760. The van der Waals surface area contributed by atoms with Crippen LogP contribution in [0.4, 0.5) is 0 Å². The van der Waals surface area contributed by atoms with Gasteiger partial charge in [-0.15, -0.1) is 5.10 Å². The molecule has 1 heterocycles. The van der Waals surface area contributed by atoms with Crippen molar-refractivity contribution in [3.8, 4) is 5.75 Å². The van der Waals surface area contributed by atoms with Gasteiger partial charge in [0.25, 0.3) is 0 Å². The molecular weight excluding hydrogens is 244 g/mol. The van der Waals surface area contributed by atoms with E-state index in [0.717, 1.165) is 20.7 Å². The summed E-state index contributed by atoms with van der Waals surface area (Å²) in [6.45, 7) is 0. The summed E-state index contributed by atoms with van der Waals surface area (Å²) >= 11 is 1.50. The van der Waals surface area contributed by atoms with Crippen molar-refractivity contribution < 1.29 is 5.11 Å². The van der Waals surface area contributed by atoms with E-state index < -0.39 is 0 Å². The molecular formula is C14H10N2OS. The normalized spacial score (nSPS) is 10.7. The molecule has 0 radical (unpaired) electrons. The van der Waals surface area contributed by atoms with Crippen LogP contribution in [0, 0.1) is 0 Å². The topological polar surface area (TPSA) is 46.0 Å². The molecule has 4 heteroatoms. The van der Waals surface area contributed by atoms with Crippen LogP contribution in [0.5, 0.6) is 5.75 Å². The molecule has 0 fully saturated rings. The van der Waals surface area contributed by atoms with Crippen molar-refractivity contribution in [2.75, 3.05) is 0 Å². The van der Waals surface area contributed by atoms with Gasteiger partial charge in [-0.05, 0) is 18.2 Å². The molecule has 0 spiro atoms. The molecule has 0 amide bonds. The third kappa shape index (κ3) is 2.15. The Bertz CT molecular complexity index is 695. The van der Waals surface area contributed by atoms with Gasteiger partial charge in [0.1, 0.15) is 10.8 Å². The lowest BCUT2D eigenvalue weighted by Gasteiger charge is -2.04. The molecule has 1 aromatic heterocycles. The molecule has 88 valence electrons. The smallest absolute Gasteiger partial charge is 0.131 e. The van der Waals surface area contributed by atoms with Gasteiger partial charge in [0.05, 0.1) is 6.20 Å². The minimum absolute atomic E-state index is 0.258. The summed E-state index contributed by atoms with van der Waals surface area (Å²) in [5.74, 6) is 0.258. The van der Waals surface area contributed by atoms with E-state index in [9.17, 15) is 5.11 Å². The number of aromatic hydroxyl groups is 1.